The minimum atomic E-state index is -0.201. The van der Waals surface area contributed by atoms with Crippen molar-refractivity contribution in [3.8, 4) is 5.69 Å². The number of hydrogen-bond donors (Lipinski definition) is 0. The van der Waals surface area contributed by atoms with Crippen molar-refractivity contribution in [2.75, 3.05) is 0 Å². The number of nitrogens with zero attached hydrogens (tertiary/aromatic N) is 1. The van der Waals surface area contributed by atoms with Crippen LogP contribution in [-0.4, -0.2) is 16.1 Å². The quantitative estimate of drug-likeness (QED) is 0.260. The van der Waals surface area contributed by atoms with E-state index in [1.165, 1.54) is 0 Å². The third-order valence-electron chi connectivity index (χ3n) is 5.93. The first-order valence-corrected chi connectivity index (χ1v) is 10.2. The second-order valence-electron chi connectivity index (χ2n) is 7.73. The number of allylic oxidation sites excluding steroid dienone is 1. The number of aromatic nitrogens is 1. The van der Waals surface area contributed by atoms with Crippen molar-refractivity contribution in [2.24, 2.45) is 0 Å². The van der Waals surface area contributed by atoms with Gasteiger partial charge < -0.3 is 4.57 Å². The minimum Gasteiger partial charge on any atom is -0.309 e. The van der Waals surface area contributed by atoms with E-state index in [1.807, 2.05) is 36.4 Å². The Morgan fingerprint density at radius 1 is 0.581 bits per heavy atom. The van der Waals surface area contributed by atoms with Crippen LogP contribution in [0.4, 0.5) is 0 Å². The standard InChI is InChI=1S/C28H17NO2/c30-27-21-11-4-5-12-22(21)28(31)24(27)17-18-14-15-26-23(16-18)20-10-6-7-13-25(20)29(26)19-8-2-1-3-9-19/h1-17H. The number of para-hydroxylation sites is 2. The largest absolute Gasteiger partial charge is 0.309 e. The predicted octanol–water partition coefficient (Wildman–Crippen LogP) is 6.25. The average molecular weight is 399 g/mol. The van der Waals surface area contributed by atoms with E-state index in [9.17, 15) is 9.59 Å². The van der Waals surface area contributed by atoms with Crippen LogP contribution < -0.4 is 0 Å². The molecule has 31 heavy (non-hydrogen) atoms. The van der Waals surface area contributed by atoms with Crippen LogP contribution >= 0.6 is 0 Å². The van der Waals surface area contributed by atoms with Gasteiger partial charge in [-0.2, -0.15) is 0 Å². The van der Waals surface area contributed by atoms with Gasteiger partial charge in [-0.3, -0.25) is 9.59 Å². The van der Waals surface area contributed by atoms with Gasteiger partial charge in [0.2, 0.25) is 0 Å². The Morgan fingerprint density at radius 3 is 1.94 bits per heavy atom. The summed E-state index contributed by atoms with van der Waals surface area (Å²) in [6, 6.07) is 31.6. The maximum Gasteiger partial charge on any atom is 0.197 e. The third kappa shape index (κ3) is 2.60. The third-order valence-corrected chi connectivity index (χ3v) is 5.93. The molecule has 4 aromatic carbocycles. The van der Waals surface area contributed by atoms with Crippen molar-refractivity contribution in [3.63, 3.8) is 0 Å². The molecule has 0 fully saturated rings. The summed E-state index contributed by atoms with van der Waals surface area (Å²) < 4.78 is 2.24. The fraction of sp³-hybridized carbons (Fsp3) is 0. The van der Waals surface area contributed by atoms with Gasteiger partial charge in [-0.1, -0.05) is 66.7 Å². The van der Waals surface area contributed by atoms with Crippen molar-refractivity contribution >= 4 is 39.4 Å². The lowest BCUT2D eigenvalue weighted by molar-refractivity contribution is 0.0990. The molecule has 3 nitrogen and oxygen atoms in total. The van der Waals surface area contributed by atoms with Crippen LogP contribution in [0.2, 0.25) is 0 Å². The predicted molar refractivity (Wildman–Crippen MR) is 124 cm³/mol. The van der Waals surface area contributed by atoms with E-state index in [1.54, 1.807) is 30.3 Å². The topological polar surface area (TPSA) is 39.1 Å². The minimum absolute atomic E-state index is 0.201. The van der Waals surface area contributed by atoms with Crippen LogP contribution in [0.5, 0.6) is 0 Å². The molecule has 1 aliphatic rings. The lowest BCUT2D eigenvalue weighted by Gasteiger charge is -2.07. The summed E-state index contributed by atoms with van der Waals surface area (Å²) >= 11 is 0. The maximum atomic E-state index is 12.8. The zero-order valence-corrected chi connectivity index (χ0v) is 16.6. The zero-order chi connectivity index (χ0) is 20.9. The highest BCUT2D eigenvalue weighted by Gasteiger charge is 2.32. The number of rotatable bonds is 2. The molecule has 1 aromatic heterocycles. The molecule has 0 spiro atoms. The number of benzene rings is 4. The van der Waals surface area contributed by atoms with Gasteiger partial charge in [-0.05, 0) is 42.0 Å². The summed E-state index contributed by atoms with van der Waals surface area (Å²) in [5, 5.41) is 2.22. The van der Waals surface area contributed by atoms with E-state index < -0.39 is 0 Å². The Labute approximate surface area is 178 Å². The first-order valence-electron chi connectivity index (χ1n) is 10.2. The molecule has 1 aliphatic carbocycles. The maximum absolute atomic E-state index is 12.8. The Hall–Kier alpha value is -4.24. The molecule has 3 heteroatoms. The molecular formula is C28H17NO2. The molecule has 0 saturated carbocycles. The number of carbonyl (C=O) groups excluding carboxylic acids is 2. The first kappa shape index (κ1) is 17.6. The highest BCUT2D eigenvalue weighted by Crippen LogP contribution is 2.34. The molecule has 0 aliphatic heterocycles. The van der Waals surface area contributed by atoms with Crippen LogP contribution in [0.1, 0.15) is 26.3 Å². The molecule has 0 N–H and O–H groups in total. The SMILES string of the molecule is O=C1C(=Cc2ccc3c(c2)c2ccccc2n3-c2ccccc2)C(=O)c2ccccc21. The summed E-state index contributed by atoms with van der Waals surface area (Å²) in [5.41, 5.74) is 5.34. The lowest BCUT2D eigenvalue weighted by Crippen LogP contribution is -2.00. The molecule has 146 valence electrons. The summed E-state index contributed by atoms with van der Waals surface area (Å²) in [6.07, 6.45) is 1.72. The van der Waals surface area contributed by atoms with E-state index >= 15 is 0 Å². The van der Waals surface area contributed by atoms with E-state index in [0.717, 1.165) is 33.1 Å². The van der Waals surface area contributed by atoms with E-state index in [2.05, 4.69) is 41.0 Å². The summed E-state index contributed by atoms with van der Waals surface area (Å²) in [4.78, 5) is 25.6. The van der Waals surface area contributed by atoms with Crippen molar-refractivity contribution in [2.45, 2.75) is 0 Å². The molecule has 0 radical (unpaired) electrons. The number of carbonyl (C=O) groups is 2. The fourth-order valence-corrected chi connectivity index (χ4v) is 4.51. The summed E-state index contributed by atoms with van der Waals surface area (Å²) in [6.45, 7) is 0. The average Bonchev–Trinajstić information content (AvgIpc) is 3.27. The second kappa shape index (κ2) is 6.64. The van der Waals surface area contributed by atoms with E-state index in [4.69, 9.17) is 0 Å². The molecule has 6 rings (SSSR count). The van der Waals surface area contributed by atoms with Gasteiger partial charge in [0.25, 0.3) is 0 Å². The molecular weight excluding hydrogens is 382 g/mol. The zero-order valence-electron chi connectivity index (χ0n) is 16.6. The summed E-state index contributed by atoms with van der Waals surface area (Å²) in [7, 11) is 0. The lowest BCUT2D eigenvalue weighted by atomic mass is 10.0. The van der Waals surface area contributed by atoms with Crippen LogP contribution in [0, 0.1) is 0 Å². The number of ketones is 2. The monoisotopic (exact) mass is 399 g/mol. The normalized spacial score (nSPS) is 13.2. The van der Waals surface area contributed by atoms with Gasteiger partial charge in [-0.15, -0.1) is 0 Å². The van der Waals surface area contributed by atoms with Crippen LogP contribution in [0.3, 0.4) is 0 Å². The van der Waals surface area contributed by atoms with Crippen LogP contribution in [-0.2, 0) is 0 Å². The Kier molecular flexibility index (Phi) is 3.77. The molecule has 0 unspecified atom stereocenters. The molecule has 0 saturated heterocycles. The number of Topliss-reactive ketones (excluding diaryl/α,β-unsaturated/α-hetero) is 2. The smallest absolute Gasteiger partial charge is 0.197 e. The van der Waals surface area contributed by atoms with Gasteiger partial charge in [0, 0.05) is 27.6 Å². The fourth-order valence-electron chi connectivity index (χ4n) is 4.51. The van der Waals surface area contributed by atoms with Crippen molar-refractivity contribution in [3.05, 3.63) is 119 Å². The Morgan fingerprint density at radius 2 is 1.19 bits per heavy atom. The molecule has 0 atom stereocenters. The van der Waals surface area contributed by atoms with Crippen molar-refractivity contribution < 1.29 is 9.59 Å². The molecule has 0 bridgehead atoms. The van der Waals surface area contributed by atoms with Gasteiger partial charge in [0.05, 0.1) is 16.6 Å². The van der Waals surface area contributed by atoms with Crippen molar-refractivity contribution in [1.82, 2.24) is 4.57 Å². The molecule has 0 amide bonds. The van der Waals surface area contributed by atoms with Crippen LogP contribution in [0.15, 0.2) is 103 Å². The second-order valence-corrected chi connectivity index (χ2v) is 7.73. The van der Waals surface area contributed by atoms with Gasteiger partial charge >= 0.3 is 0 Å². The first-order chi connectivity index (χ1) is 15.2. The number of hydrogen-bond acceptors (Lipinski definition) is 2. The highest BCUT2D eigenvalue weighted by atomic mass is 16.2. The van der Waals surface area contributed by atoms with Crippen LogP contribution in [0.25, 0.3) is 33.6 Å². The molecule has 5 aromatic rings. The summed E-state index contributed by atoms with van der Waals surface area (Å²) in [5.74, 6) is -0.403. The highest BCUT2D eigenvalue weighted by molar-refractivity contribution is 6.41. The Balaban J connectivity index is 1.55. The van der Waals surface area contributed by atoms with Gasteiger partial charge in [0.15, 0.2) is 11.6 Å². The molecule has 1 heterocycles. The van der Waals surface area contributed by atoms with E-state index in [-0.39, 0.29) is 17.1 Å². The van der Waals surface area contributed by atoms with Crippen molar-refractivity contribution in [1.29, 1.82) is 0 Å². The van der Waals surface area contributed by atoms with Gasteiger partial charge in [0.1, 0.15) is 0 Å². The van der Waals surface area contributed by atoms with E-state index in [0.29, 0.717) is 11.1 Å². The number of fused-ring (bicyclic) bond motifs is 4. The van der Waals surface area contributed by atoms with Gasteiger partial charge in [-0.25, -0.2) is 0 Å². The Bertz CT molecular complexity index is 1520.